The predicted molar refractivity (Wildman–Crippen MR) is 46.0 cm³/mol. The van der Waals surface area contributed by atoms with E-state index >= 15 is 0 Å². The van der Waals surface area contributed by atoms with Crippen LogP contribution in [0.1, 0.15) is 20.8 Å². The van der Waals surface area contributed by atoms with Gasteiger partial charge >= 0.3 is 18.5 Å². The van der Waals surface area contributed by atoms with Crippen molar-refractivity contribution in [3.63, 3.8) is 0 Å². The molecule has 0 saturated heterocycles. The van der Waals surface area contributed by atoms with Crippen LogP contribution >= 0.6 is 0 Å². The second kappa shape index (κ2) is 6.46. The molecule has 8 nitrogen and oxygen atoms in total. The minimum absolute atomic E-state index is 0.730. The molecule has 0 unspecified atom stereocenters. The van der Waals surface area contributed by atoms with E-state index in [1.165, 1.54) is 0 Å². The summed E-state index contributed by atoms with van der Waals surface area (Å²) in [6.45, 7) is 4.82. The van der Waals surface area contributed by atoms with Crippen molar-refractivity contribution in [3.05, 3.63) is 0 Å². The molecular weight excluding hydrogens is 212 g/mol. The molecule has 3 N–H and O–H groups in total. The van der Waals surface area contributed by atoms with Crippen molar-refractivity contribution in [2.75, 3.05) is 0 Å². The normalized spacial score (nSPS) is 9.27. The minimum Gasteiger partial charge on any atom is -0.450 e. The van der Waals surface area contributed by atoms with E-state index in [2.05, 4.69) is 9.47 Å². The molecule has 0 bridgehead atoms. The quantitative estimate of drug-likeness (QED) is 0.419. The van der Waals surface area contributed by atoms with Crippen molar-refractivity contribution in [2.45, 2.75) is 26.4 Å². The second-order valence-electron chi connectivity index (χ2n) is 3.11. The summed E-state index contributed by atoms with van der Waals surface area (Å²) in [5.41, 5.74) is -0.730. The van der Waals surface area contributed by atoms with Crippen LogP contribution in [0, 0.1) is 0 Å². The van der Waals surface area contributed by atoms with Crippen molar-refractivity contribution in [3.8, 4) is 0 Å². The van der Waals surface area contributed by atoms with Crippen molar-refractivity contribution < 1.29 is 39.2 Å². The highest BCUT2D eigenvalue weighted by Crippen LogP contribution is 2.07. The number of hydrogen-bond acceptors (Lipinski definition) is 5. The van der Waals surface area contributed by atoms with Crippen LogP contribution in [0.15, 0.2) is 0 Å². The van der Waals surface area contributed by atoms with E-state index in [4.69, 9.17) is 20.1 Å². The van der Waals surface area contributed by atoms with Crippen LogP contribution in [0.4, 0.5) is 14.4 Å². The SMILES string of the molecule is CC(C)(C)OC(=O)OC(=O)O.O=C(O)O. The Morgan fingerprint density at radius 3 is 1.53 bits per heavy atom. The molecule has 0 aliphatic heterocycles. The summed E-state index contributed by atoms with van der Waals surface area (Å²) in [6, 6.07) is 0. The van der Waals surface area contributed by atoms with Gasteiger partial charge in [-0.05, 0) is 20.8 Å². The molecule has 0 rings (SSSR count). The van der Waals surface area contributed by atoms with Crippen LogP contribution in [0.3, 0.4) is 0 Å². The summed E-state index contributed by atoms with van der Waals surface area (Å²) in [6.07, 6.45) is -4.70. The van der Waals surface area contributed by atoms with Crippen LogP contribution in [-0.4, -0.2) is 39.4 Å². The van der Waals surface area contributed by atoms with E-state index < -0.39 is 24.1 Å². The highest BCUT2D eigenvalue weighted by molar-refractivity contribution is 5.75. The molecule has 15 heavy (non-hydrogen) atoms. The van der Waals surface area contributed by atoms with Crippen molar-refractivity contribution in [2.24, 2.45) is 0 Å². The predicted octanol–water partition coefficient (Wildman–Crippen LogP) is 1.84. The molecule has 0 saturated carbocycles. The number of carboxylic acid groups (broad SMARTS) is 3. The fourth-order valence-electron chi connectivity index (χ4n) is 0.342. The maximum absolute atomic E-state index is 10.4. The third-order valence-electron chi connectivity index (χ3n) is 0.560. The lowest BCUT2D eigenvalue weighted by atomic mass is 10.2. The molecule has 0 fully saturated rings. The molecule has 88 valence electrons. The highest BCUT2D eigenvalue weighted by atomic mass is 16.8. The van der Waals surface area contributed by atoms with Gasteiger partial charge in [0, 0.05) is 0 Å². The van der Waals surface area contributed by atoms with Gasteiger partial charge in [-0.25, -0.2) is 14.4 Å². The zero-order valence-electron chi connectivity index (χ0n) is 8.38. The molecule has 0 atom stereocenters. The van der Waals surface area contributed by atoms with Crippen molar-refractivity contribution in [1.82, 2.24) is 0 Å². The molecule has 0 aromatic rings. The molecule has 0 heterocycles. The van der Waals surface area contributed by atoms with E-state index in [1.54, 1.807) is 20.8 Å². The Labute approximate surface area is 85.0 Å². The average molecular weight is 224 g/mol. The molecule has 0 aromatic carbocycles. The third kappa shape index (κ3) is 24.5. The zero-order chi connectivity index (χ0) is 12.6. The van der Waals surface area contributed by atoms with Gasteiger partial charge in [-0.15, -0.1) is 0 Å². The van der Waals surface area contributed by atoms with Gasteiger partial charge in [-0.1, -0.05) is 0 Å². The van der Waals surface area contributed by atoms with Crippen molar-refractivity contribution in [1.29, 1.82) is 0 Å². The molecule has 0 aromatic heterocycles. The van der Waals surface area contributed by atoms with Gasteiger partial charge in [0.05, 0.1) is 0 Å². The molecule has 0 radical (unpaired) electrons. The Balaban J connectivity index is 0. The lowest BCUT2D eigenvalue weighted by Crippen LogP contribution is -2.25. The van der Waals surface area contributed by atoms with Gasteiger partial charge < -0.3 is 24.8 Å². The number of carbonyl (C=O) groups is 3. The monoisotopic (exact) mass is 224 g/mol. The first-order valence-corrected chi connectivity index (χ1v) is 3.60. The van der Waals surface area contributed by atoms with E-state index in [9.17, 15) is 9.59 Å². The van der Waals surface area contributed by atoms with Crippen molar-refractivity contribution >= 4 is 18.5 Å². The van der Waals surface area contributed by atoms with Crippen LogP contribution in [0.2, 0.25) is 0 Å². The van der Waals surface area contributed by atoms with E-state index in [-0.39, 0.29) is 0 Å². The zero-order valence-corrected chi connectivity index (χ0v) is 8.38. The van der Waals surface area contributed by atoms with Gasteiger partial charge in [0.2, 0.25) is 0 Å². The smallest absolute Gasteiger partial charge is 0.450 e. The van der Waals surface area contributed by atoms with Gasteiger partial charge in [-0.3, -0.25) is 0 Å². The molecule has 0 aliphatic rings. The molecular formula is C7H12O8. The first-order valence-electron chi connectivity index (χ1n) is 3.60. The van der Waals surface area contributed by atoms with Gasteiger partial charge in [-0.2, -0.15) is 0 Å². The van der Waals surface area contributed by atoms with Crippen LogP contribution in [0.25, 0.3) is 0 Å². The number of hydrogen-bond donors (Lipinski definition) is 3. The number of rotatable bonds is 0. The first kappa shape index (κ1) is 15.5. The van der Waals surface area contributed by atoms with Crippen LogP contribution < -0.4 is 0 Å². The van der Waals surface area contributed by atoms with Gasteiger partial charge in [0.25, 0.3) is 0 Å². The third-order valence-corrected chi connectivity index (χ3v) is 0.560. The first-order chi connectivity index (χ1) is 6.54. The van der Waals surface area contributed by atoms with E-state index in [1.807, 2.05) is 0 Å². The maximum atomic E-state index is 10.4. The second-order valence-corrected chi connectivity index (χ2v) is 3.11. The van der Waals surface area contributed by atoms with Crippen LogP contribution in [-0.2, 0) is 9.47 Å². The van der Waals surface area contributed by atoms with Gasteiger partial charge in [0.1, 0.15) is 5.60 Å². The fourth-order valence-corrected chi connectivity index (χ4v) is 0.342. The summed E-state index contributed by atoms with van der Waals surface area (Å²) in [5, 5.41) is 21.9. The highest BCUT2D eigenvalue weighted by Gasteiger charge is 2.19. The van der Waals surface area contributed by atoms with E-state index in [0.29, 0.717) is 0 Å². The average Bonchev–Trinajstić information content (AvgIpc) is 1.76. The van der Waals surface area contributed by atoms with Gasteiger partial charge in [0.15, 0.2) is 0 Å². The summed E-state index contributed by atoms with van der Waals surface area (Å²) >= 11 is 0. The molecule has 0 aliphatic carbocycles. The lowest BCUT2D eigenvalue weighted by Gasteiger charge is -2.17. The Bertz CT molecular complexity index is 234. The Morgan fingerprint density at radius 2 is 1.33 bits per heavy atom. The molecule has 8 heteroatoms. The maximum Gasteiger partial charge on any atom is 0.519 e. The Morgan fingerprint density at radius 1 is 1.00 bits per heavy atom. The summed E-state index contributed by atoms with van der Waals surface area (Å²) in [7, 11) is 0. The molecule has 0 spiro atoms. The minimum atomic E-state index is -1.83. The largest absolute Gasteiger partial charge is 0.519 e. The number of ether oxygens (including phenoxy) is 2. The topological polar surface area (TPSA) is 130 Å². The Kier molecular flexibility index (Phi) is 6.67. The van der Waals surface area contributed by atoms with Crippen LogP contribution in [0.5, 0.6) is 0 Å². The van der Waals surface area contributed by atoms with E-state index in [0.717, 1.165) is 0 Å². The Hall–Kier alpha value is -1.99. The number of carbonyl (C=O) groups excluding carboxylic acids is 1. The summed E-state index contributed by atoms with van der Waals surface area (Å²) in [4.78, 5) is 28.8. The summed E-state index contributed by atoms with van der Waals surface area (Å²) in [5.74, 6) is 0. The fraction of sp³-hybridized carbons (Fsp3) is 0.571. The summed E-state index contributed by atoms with van der Waals surface area (Å²) < 4.78 is 8.19. The lowest BCUT2D eigenvalue weighted by molar-refractivity contribution is -0.000127. The standard InChI is InChI=1S/C6H10O5.CH2O3/c1-6(2,3)11-5(9)10-4(7)8;2-1(3)4/h1-3H3,(H,7,8);(H2,2,3,4). The molecule has 0 amide bonds.